The molecule has 1 atom stereocenters. The van der Waals surface area contributed by atoms with Crippen LogP contribution < -0.4 is 5.73 Å². The highest BCUT2D eigenvalue weighted by Crippen LogP contribution is 2.22. The zero-order valence-electron chi connectivity index (χ0n) is 12.2. The molecule has 1 unspecified atom stereocenters. The van der Waals surface area contributed by atoms with Crippen molar-refractivity contribution in [1.82, 2.24) is 4.31 Å². The van der Waals surface area contributed by atoms with E-state index in [1.54, 1.807) is 0 Å². The minimum absolute atomic E-state index is 0. The van der Waals surface area contributed by atoms with Crippen molar-refractivity contribution >= 4 is 22.4 Å². The van der Waals surface area contributed by atoms with Crippen molar-refractivity contribution in [3.8, 4) is 0 Å². The first-order valence-corrected chi connectivity index (χ1v) is 7.78. The van der Waals surface area contributed by atoms with Crippen molar-refractivity contribution in [2.75, 3.05) is 13.6 Å². The van der Waals surface area contributed by atoms with Gasteiger partial charge in [-0.1, -0.05) is 19.9 Å². The normalized spacial score (nSPS) is 13.3. The second kappa shape index (κ2) is 8.03. The molecule has 1 rings (SSSR count). The fourth-order valence-corrected chi connectivity index (χ4v) is 2.96. The molecule has 21 heavy (non-hydrogen) atoms. The lowest BCUT2D eigenvalue weighted by molar-refractivity contribution is 0.393. The van der Waals surface area contributed by atoms with Gasteiger partial charge in [0.05, 0.1) is 0 Å². The summed E-state index contributed by atoms with van der Waals surface area (Å²) in [5.41, 5.74) is 5.84. The van der Waals surface area contributed by atoms with E-state index in [4.69, 9.17) is 5.73 Å². The Kier molecular flexibility index (Phi) is 7.74. The Balaban J connectivity index is 0.00000400. The maximum atomic E-state index is 13.6. The Bertz CT molecular complexity index is 547. The molecule has 2 N–H and O–H groups in total. The number of nitrogens with two attached hydrogens (primary N) is 1. The van der Waals surface area contributed by atoms with Crippen LogP contribution in [0.15, 0.2) is 23.1 Å². The maximum absolute atomic E-state index is 13.6. The van der Waals surface area contributed by atoms with E-state index in [1.165, 1.54) is 7.05 Å². The van der Waals surface area contributed by atoms with Gasteiger partial charge in [-0.05, 0) is 24.5 Å². The number of rotatable bonds is 6. The highest BCUT2D eigenvalue weighted by Gasteiger charge is 2.28. The summed E-state index contributed by atoms with van der Waals surface area (Å²) in [5, 5.41) is 0. The van der Waals surface area contributed by atoms with Crippen LogP contribution >= 0.6 is 12.4 Å². The van der Waals surface area contributed by atoms with Gasteiger partial charge in [-0.3, -0.25) is 0 Å². The largest absolute Gasteiger partial charge is 0.327 e. The first kappa shape index (κ1) is 20.2. The number of hydrogen-bond acceptors (Lipinski definition) is 3. The van der Waals surface area contributed by atoms with Gasteiger partial charge in [0.15, 0.2) is 4.90 Å². The van der Waals surface area contributed by atoms with Gasteiger partial charge in [-0.25, -0.2) is 21.5 Å². The van der Waals surface area contributed by atoms with E-state index in [-0.39, 0.29) is 30.9 Å². The van der Waals surface area contributed by atoms with E-state index in [1.807, 2.05) is 13.8 Å². The summed E-state index contributed by atoms with van der Waals surface area (Å²) in [6.07, 6.45) is 0.420. The molecule has 1 aromatic carbocycles. The highest BCUT2D eigenvalue weighted by atomic mass is 35.5. The average Bonchev–Trinajstić information content (AvgIpc) is 2.34. The Morgan fingerprint density at radius 2 is 1.71 bits per heavy atom. The summed E-state index contributed by atoms with van der Waals surface area (Å²) in [4.78, 5) is -0.916. The van der Waals surface area contributed by atoms with Crippen molar-refractivity contribution in [2.45, 2.75) is 31.2 Å². The molecule has 0 aromatic heterocycles. The number of hydrogen-bond donors (Lipinski definition) is 1. The molecule has 0 aliphatic rings. The molecule has 4 nitrogen and oxygen atoms in total. The predicted molar refractivity (Wildman–Crippen MR) is 80.9 cm³/mol. The number of nitrogens with zero attached hydrogens (tertiary/aromatic N) is 1. The SMILES string of the molecule is CC(C)C(N)CCN(C)S(=O)(=O)c1c(F)cccc1F.Cl. The Labute approximate surface area is 130 Å². The zero-order valence-corrected chi connectivity index (χ0v) is 13.8. The molecule has 122 valence electrons. The molecule has 0 aliphatic heterocycles. The van der Waals surface area contributed by atoms with E-state index in [9.17, 15) is 17.2 Å². The first-order chi connectivity index (χ1) is 9.17. The quantitative estimate of drug-likeness (QED) is 0.863. The third-order valence-electron chi connectivity index (χ3n) is 3.22. The van der Waals surface area contributed by atoms with E-state index in [0.717, 1.165) is 22.5 Å². The number of sulfonamides is 1. The van der Waals surface area contributed by atoms with Gasteiger partial charge in [0.25, 0.3) is 0 Å². The maximum Gasteiger partial charge on any atom is 0.248 e. The first-order valence-electron chi connectivity index (χ1n) is 6.34. The monoisotopic (exact) mass is 342 g/mol. The fraction of sp³-hybridized carbons (Fsp3) is 0.538. The molecule has 0 radical (unpaired) electrons. The van der Waals surface area contributed by atoms with E-state index >= 15 is 0 Å². The minimum atomic E-state index is -4.19. The van der Waals surface area contributed by atoms with Crippen LogP contribution in [-0.4, -0.2) is 32.4 Å². The molecule has 8 heteroatoms. The van der Waals surface area contributed by atoms with Gasteiger partial charge >= 0.3 is 0 Å². The molecule has 0 spiro atoms. The predicted octanol–water partition coefficient (Wildman–Crippen LogP) is 2.38. The summed E-state index contributed by atoms with van der Waals surface area (Å²) in [5.74, 6) is -1.98. The van der Waals surface area contributed by atoms with Crippen molar-refractivity contribution in [3.05, 3.63) is 29.8 Å². The molecule has 1 aromatic rings. The summed E-state index contributed by atoms with van der Waals surface area (Å²) >= 11 is 0. The van der Waals surface area contributed by atoms with Crippen LogP contribution in [0.4, 0.5) is 8.78 Å². The van der Waals surface area contributed by atoms with Crippen LogP contribution in [0.5, 0.6) is 0 Å². The van der Waals surface area contributed by atoms with Crippen molar-refractivity contribution in [3.63, 3.8) is 0 Å². The summed E-state index contributed by atoms with van der Waals surface area (Å²) in [6.45, 7) is 3.96. The van der Waals surface area contributed by atoms with Gasteiger partial charge < -0.3 is 5.73 Å². The Hall–Kier alpha value is -0.760. The second-order valence-electron chi connectivity index (χ2n) is 5.07. The molecule has 0 amide bonds. The molecule has 0 bridgehead atoms. The molecular formula is C13H21ClF2N2O2S. The van der Waals surface area contributed by atoms with Crippen LogP contribution in [-0.2, 0) is 10.0 Å². The van der Waals surface area contributed by atoms with Crippen LogP contribution in [0.1, 0.15) is 20.3 Å². The van der Waals surface area contributed by atoms with E-state index in [0.29, 0.717) is 6.42 Å². The topological polar surface area (TPSA) is 63.4 Å². The van der Waals surface area contributed by atoms with Crippen LogP contribution in [0.3, 0.4) is 0 Å². The van der Waals surface area contributed by atoms with Crippen molar-refractivity contribution in [2.24, 2.45) is 11.7 Å². The third-order valence-corrected chi connectivity index (χ3v) is 5.13. The van der Waals surface area contributed by atoms with Gasteiger partial charge in [0, 0.05) is 19.6 Å². The van der Waals surface area contributed by atoms with E-state index in [2.05, 4.69) is 0 Å². The molecule has 0 heterocycles. The fourth-order valence-electron chi connectivity index (χ4n) is 1.67. The number of benzene rings is 1. The summed E-state index contributed by atoms with van der Waals surface area (Å²) in [6, 6.07) is 2.80. The lowest BCUT2D eigenvalue weighted by Gasteiger charge is -2.21. The Morgan fingerprint density at radius 3 is 2.14 bits per heavy atom. The highest BCUT2D eigenvalue weighted by molar-refractivity contribution is 7.89. The Morgan fingerprint density at radius 1 is 1.24 bits per heavy atom. The average molecular weight is 343 g/mol. The van der Waals surface area contributed by atoms with Crippen LogP contribution in [0.25, 0.3) is 0 Å². The van der Waals surface area contributed by atoms with Crippen LogP contribution in [0, 0.1) is 17.6 Å². The molecule has 0 saturated heterocycles. The van der Waals surface area contributed by atoms with Crippen molar-refractivity contribution in [1.29, 1.82) is 0 Å². The second-order valence-corrected chi connectivity index (χ2v) is 7.06. The summed E-state index contributed by atoms with van der Waals surface area (Å²) in [7, 11) is -2.91. The lowest BCUT2D eigenvalue weighted by Crippen LogP contribution is -2.35. The molecular weight excluding hydrogens is 322 g/mol. The van der Waals surface area contributed by atoms with Gasteiger partial charge in [0.2, 0.25) is 10.0 Å². The standard InChI is InChI=1S/C13H20F2N2O2S.ClH/c1-9(2)12(16)7-8-17(3)20(18,19)13-10(14)5-4-6-11(13)15;/h4-6,9,12H,7-8,16H2,1-3H3;1H. The van der Waals surface area contributed by atoms with Gasteiger partial charge in [-0.15, -0.1) is 12.4 Å². The van der Waals surface area contributed by atoms with Gasteiger partial charge in [0.1, 0.15) is 11.6 Å². The van der Waals surface area contributed by atoms with Gasteiger partial charge in [-0.2, -0.15) is 0 Å². The van der Waals surface area contributed by atoms with E-state index < -0.39 is 26.6 Å². The van der Waals surface area contributed by atoms with Crippen molar-refractivity contribution < 1.29 is 17.2 Å². The minimum Gasteiger partial charge on any atom is -0.327 e. The molecule has 0 saturated carbocycles. The molecule has 0 fully saturated rings. The third kappa shape index (κ3) is 4.88. The summed E-state index contributed by atoms with van der Waals surface area (Å²) < 4.78 is 52.4. The smallest absolute Gasteiger partial charge is 0.248 e. The number of halogens is 3. The van der Waals surface area contributed by atoms with Crippen LogP contribution in [0.2, 0.25) is 0 Å². The lowest BCUT2D eigenvalue weighted by atomic mass is 10.0. The molecule has 0 aliphatic carbocycles. The zero-order chi connectivity index (χ0) is 15.5.